The molecule has 0 aliphatic carbocycles. The Bertz CT molecular complexity index is 901. The van der Waals surface area contributed by atoms with Crippen molar-refractivity contribution >= 4 is 39.1 Å². The van der Waals surface area contributed by atoms with Crippen molar-refractivity contribution in [3.05, 3.63) is 40.1 Å². The van der Waals surface area contributed by atoms with Crippen LogP contribution in [-0.4, -0.2) is 30.7 Å². The molecule has 130 valence electrons. The number of aromatic nitrogens is 5. The summed E-state index contributed by atoms with van der Waals surface area (Å²) < 4.78 is 2.68. The van der Waals surface area contributed by atoms with E-state index >= 15 is 0 Å². The topological polar surface area (TPSA) is 117 Å². The summed E-state index contributed by atoms with van der Waals surface area (Å²) in [6.07, 6.45) is 3.89. The van der Waals surface area contributed by atoms with Crippen molar-refractivity contribution < 1.29 is 9.59 Å². The van der Waals surface area contributed by atoms with Crippen molar-refractivity contribution in [3.63, 3.8) is 0 Å². The van der Waals surface area contributed by atoms with Gasteiger partial charge in [0.1, 0.15) is 5.82 Å². The molecule has 0 aromatic carbocycles. The van der Waals surface area contributed by atoms with E-state index in [0.717, 1.165) is 35.6 Å². The Morgan fingerprint density at radius 1 is 1.24 bits per heavy atom. The van der Waals surface area contributed by atoms with Crippen molar-refractivity contribution in [2.24, 2.45) is 0 Å². The maximum absolute atomic E-state index is 8.12. The number of halogens is 1. The number of nitrogen functional groups attached to an aromatic ring is 1. The predicted octanol–water partition coefficient (Wildman–Crippen LogP) is 2.29. The number of carbonyl (C=O) groups excluding carboxylic acids is 2. The van der Waals surface area contributed by atoms with Crippen molar-refractivity contribution in [2.75, 3.05) is 5.73 Å². The van der Waals surface area contributed by atoms with Crippen LogP contribution in [0.2, 0.25) is 0 Å². The van der Waals surface area contributed by atoms with Gasteiger partial charge >= 0.3 is 6.15 Å². The number of imidazole rings is 1. The van der Waals surface area contributed by atoms with Gasteiger partial charge in [0.25, 0.3) is 0 Å². The number of aryl methyl sites for hydroxylation is 2. The van der Waals surface area contributed by atoms with Gasteiger partial charge in [0.15, 0.2) is 21.7 Å². The average molecular weight is 405 g/mol. The molecule has 0 saturated heterocycles. The van der Waals surface area contributed by atoms with Crippen LogP contribution in [0.1, 0.15) is 30.4 Å². The molecular formula is C16H17BrN6O2. The molecular weight excluding hydrogens is 388 g/mol. The molecule has 25 heavy (non-hydrogen) atoms. The lowest BCUT2D eigenvalue weighted by atomic mass is 10.2. The van der Waals surface area contributed by atoms with Gasteiger partial charge in [-0.05, 0) is 40.9 Å². The van der Waals surface area contributed by atoms with Gasteiger partial charge in [-0.2, -0.15) is 9.59 Å². The minimum absolute atomic E-state index is 0.250. The van der Waals surface area contributed by atoms with Gasteiger partial charge in [0.2, 0.25) is 0 Å². The standard InChI is InChI=1S/C15H17BrN6.CO2/c1-3-4-11-19-13(17)12-14(20-11)22(15(16)21-12)8-10-6-5-9(2)18-7-10;2-1-3/h5-7H,3-4,8H2,1-2H3,(H2,17,19,20);. The highest BCUT2D eigenvalue weighted by atomic mass is 79.9. The maximum Gasteiger partial charge on any atom is 0.373 e. The number of hydrogen-bond acceptors (Lipinski definition) is 7. The second-order valence-electron chi connectivity index (χ2n) is 5.31. The molecule has 9 heteroatoms. The van der Waals surface area contributed by atoms with Crippen LogP contribution in [0.5, 0.6) is 0 Å². The maximum atomic E-state index is 8.12. The third-order valence-electron chi connectivity index (χ3n) is 3.41. The first-order valence-corrected chi connectivity index (χ1v) is 8.38. The van der Waals surface area contributed by atoms with Crippen LogP contribution in [0.3, 0.4) is 0 Å². The predicted molar refractivity (Wildman–Crippen MR) is 94.5 cm³/mol. The summed E-state index contributed by atoms with van der Waals surface area (Å²) in [5, 5.41) is 0. The minimum Gasteiger partial charge on any atom is -0.382 e. The fourth-order valence-corrected chi connectivity index (χ4v) is 2.76. The van der Waals surface area contributed by atoms with E-state index in [1.165, 1.54) is 0 Å². The Morgan fingerprint density at radius 2 is 1.96 bits per heavy atom. The van der Waals surface area contributed by atoms with E-state index in [9.17, 15) is 0 Å². The smallest absolute Gasteiger partial charge is 0.373 e. The zero-order valence-corrected chi connectivity index (χ0v) is 15.4. The SMILES string of the molecule is CCCc1nc(N)c2nc(Br)n(Cc3ccc(C)nc3)c2n1.O=C=O. The lowest BCUT2D eigenvalue weighted by Gasteiger charge is -2.07. The van der Waals surface area contributed by atoms with E-state index in [0.29, 0.717) is 22.6 Å². The highest BCUT2D eigenvalue weighted by Crippen LogP contribution is 2.23. The average Bonchev–Trinajstić information content (AvgIpc) is 2.88. The molecule has 0 saturated carbocycles. The molecule has 3 rings (SSSR count). The minimum atomic E-state index is 0.250. The number of nitrogens with zero attached hydrogens (tertiary/aromatic N) is 5. The first-order chi connectivity index (χ1) is 12.0. The normalized spacial score (nSPS) is 10.2. The summed E-state index contributed by atoms with van der Waals surface area (Å²) in [7, 11) is 0. The highest BCUT2D eigenvalue weighted by molar-refractivity contribution is 9.10. The van der Waals surface area contributed by atoms with Crippen LogP contribution < -0.4 is 5.73 Å². The summed E-state index contributed by atoms with van der Waals surface area (Å²) in [4.78, 5) is 34.0. The van der Waals surface area contributed by atoms with Crippen molar-refractivity contribution in [3.8, 4) is 0 Å². The zero-order chi connectivity index (χ0) is 18.4. The molecule has 0 fully saturated rings. The number of fused-ring (bicyclic) bond motifs is 1. The molecule has 0 atom stereocenters. The van der Waals surface area contributed by atoms with Crippen LogP contribution >= 0.6 is 15.9 Å². The fraction of sp³-hybridized carbons (Fsp3) is 0.312. The van der Waals surface area contributed by atoms with Crippen molar-refractivity contribution in [2.45, 2.75) is 33.2 Å². The van der Waals surface area contributed by atoms with Crippen LogP contribution in [-0.2, 0) is 22.6 Å². The molecule has 3 heterocycles. The molecule has 3 aromatic heterocycles. The summed E-state index contributed by atoms with van der Waals surface area (Å²) in [5.74, 6) is 1.18. The third-order valence-corrected chi connectivity index (χ3v) is 4.01. The van der Waals surface area contributed by atoms with E-state index in [1.54, 1.807) is 0 Å². The number of pyridine rings is 1. The first kappa shape index (κ1) is 18.7. The highest BCUT2D eigenvalue weighted by Gasteiger charge is 2.15. The molecule has 8 nitrogen and oxygen atoms in total. The zero-order valence-electron chi connectivity index (χ0n) is 13.9. The lowest BCUT2D eigenvalue weighted by molar-refractivity contribution is -0.191. The van der Waals surface area contributed by atoms with Crippen LogP contribution in [0.15, 0.2) is 23.1 Å². The molecule has 0 radical (unpaired) electrons. The number of hydrogen-bond donors (Lipinski definition) is 1. The summed E-state index contributed by atoms with van der Waals surface area (Å²) in [6, 6.07) is 4.05. The molecule has 2 N–H and O–H groups in total. The molecule has 0 bridgehead atoms. The third kappa shape index (κ3) is 4.46. The number of nitrogens with two attached hydrogens (primary N) is 1. The van der Waals surface area contributed by atoms with Gasteiger partial charge in [0, 0.05) is 18.3 Å². The van der Waals surface area contributed by atoms with E-state index in [-0.39, 0.29) is 6.15 Å². The summed E-state index contributed by atoms with van der Waals surface area (Å²) >= 11 is 3.49. The largest absolute Gasteiger partial charge is 0.382 e. The van der Waals surface area contributed by atoms with Gasteiger partial charge in [-0.15, -0.1) is 0 Å². The molecule has 0 aliphatic rings. The summed E-state index contributed by atoms with van der Waals surface area (Å²) in [5.41, 5.74) is 9.49. The Balaban J connectivity index is 0.000000701. The van der Waals surface area contributed by atoms with E-state index < -0.39 is 0 Å². The monoisotopic (exact) mass is 404 g/mol. The molecule has 0 spiro atoms. The Hall–Kier alpha value is -2.64. The van der Waals surface area contributed by atoms with Crippen LogP contribution in [0.25, 0.3) is 11.2 Å². The summed E-state index contributed by atoms with van der Waals surface area (Å²) in [6.45, 7) is 4.69. The number of rotatable bonds is 4. The van der Waals surface area contributed by atoms with Gasteiger partial charge in [-0.25, -0.2) is 15.0 Å². The van der Waals surface area contributed by atoms with E-state index in [2.05, 4.69) is 48.9 Å². The van der Waals surface area contributed by atoms with Crippen molar-refractivity contribution in [1.82, 2.24) is 24.5 Å². The second kappa shape index (κ2) is 8.46. The quantitative estimate of drug-likeness (QED) is 0.662. The van der Waals surface area contributed by atoms with Gasteiger partial charge in [-0.1, -0.05) is 13.0 Å². The molecule has 3 aromatic rings. The van der Waals surface area contributed by atoms with Gasteiger partial charge in [-0.3, -0.25) is 9.55 Å². The second-order valence-corrected chi connectivity index (χ2v) is 6.01. The van der Waals surface area contributed by atoms with E-state index in [1.807, 2.05) is 23.8 Å². The van der Waals surface area contributed by atoms with Gasteiger partial charge in [0.05, 0.1) is 6.54 Å². The van der Waals surface area contributed by atoms with Crippen molar-refractivity contribution in [1.29, 1.82) is 0 Å². The fourth-order valence-electron chi connectivity index (χ4n) is 2.29. The Kier molecular flexibility index (Phi) is 6.32. The molecule has 0 unspecified atom stereocenters. The molecule has 0 amide bonds. The van der Waals surface area contributed by atoms with Gasteiger partial charge < -0.3 is 5.73 Å². The Labute approximate surface area is 152 Å². The first-order valence-electron chi connectivity index (χ1n) is 7.59. The molecule has 0 aliphatic heterocycles. The lowest BCUT2D eigenvalue weighted by Crippen LogP contribution is -2.05. The van der Waals surface area contributed by atoms with Crippen LogP contribution in [0, 0.1) is 6.92 Å². The van der Waals surface area contributed by atoms with E-state index in [4.69, 9.17) is 15.3 Å². The number of anilines is 1. The Morgan fingerprint density at radius 3 is 2.56 bits per heavy atom. The van der Waals surface area contributed by atoms with Crippen LogP contribution in [0.4, 0.5) is 5.82 Å².